The van der Waals surface area contributed by atoms with E-state index in [0.29, 0.717) is 6.04 Å². The van der Waals surface area contributed by atoms with Crippen LogP contribution in [0.15, 0.2) is 24.3 Å². The fraction of sp³-hybridized carbons (Fsp3) is 0.625. The second-order valence-corrected chi connectivity index (χ2v) is 4.75. The molecule has 0 bridgehead atoms. The molecular weight excluding hydrogens is 220 g/mol. The van der Waals surface area contributed by atoms with Gasteiger partial charge in [0, 0.05) is 6.04 Å². The Morgan fingerprint density at radius 3 is 2.11 bits per heavy atom. The van der Waals surface area contributed by atoms with Gasteiger partial charge in [-0.1, -0.05) is 45.0 Å². The SMILES string of the molecule is CCc1ccc(C(CCN(CC)CC)NC)cc1. The summed E-state index contributed by atoms with van der Waals surface area (Å²) in [6.07, 6.45) is 2.29. The number of hydrogen-bond acceptors (Lipinski definition) is 2. The minimum absolute atomic E-state index is 0.469. The molecule has 0 spiro atoms. The van der Waals surface area contributed by atoms with Crippen molar-refractivity contribution in [2.75, 3.05) is 26.7 Å². The van der Waals surface area contributed by atoms with Gasteiger partial charge in [0.2, 0.25) is 0 Å². The number of nitrogens with zero attached hydrogens (tertiary/aromatic N) is 1. The summed E-state index contributed by atoms with van der Waals surface area (Å²) in [6.45, 7) is 10.1. The lowest BCUT2D eigenvalue weighted by Gasteiger charge is -2.23. The van der Waals surface area contributed by atoms with E-state index in [2.05, 4.69) is 62.3 Å². The fourth-order valence-electron chi connectivity index (χ4n) is 2.31. The number of nitrogens with one attached hydrogen (secondary N) is 1. The van der Waals surface area contributed by atoms with E-state index < -0.39 is 0 Å². The van der Waals surface area contributed by atoms with Gasteiger partial charge in [-0.3, -0.25) is 0 Å². The predicted molar refractivity (Wildman–Crippen MR) is 80.0 cm³/mol. The molecule has 0 aromatic heterocycles. The molecule has 1 atom stereocenters. The zero-order chi connectivity index (χ0) is 13.4. The second-order valence-electron chi connectivity index (χ2n) is 4.75. The van der Waals surface area contributed by atoms with Crippen LogP contribution in [-0.2, 0) is 6.42 Å². The summed E-state index contributed by atoms with van der Waals surface area (Å²) in [5, 5.41) is 3.43. The van der Waals surface area contributed by atoms with Crippen LogP contribution in [0.5, 0.6) is 0 Å². The molecule has 0 amide bonds. The van der Waals surface area contributed by atoms with Gasteiger partial charge >= 0.3 is 0 Å². The van der Waals surface area contributed by atoms with Crippen molar-refractivity contribution in [2.45, 2.75) is 39.7 Å². The lowest BCUT2D eigenvalue weighted by Crippen LogP contribution is -2.28. The van der Waals surface area contributed by atoms with E-state index in [0.717, 1.165) is 26.1 Å². The molecule has 1 unspecified atom stereocenters. The largest absolute Gasteiger partial charge is 0.313 e. The average Bonchev–Trinajstić information content (AvgIpc) is 2.44. The molecule has 1 aromatic carbocycles. The Kier molecular flexibility index (Phi) is 6.99. The summed E-state index contributed by atoms with van der Waals surface area (Å²) in [6, 6.07) is 9.50. The molecule has 0 aliphatic carbocycles. The number of hydrogen-bond donors (Lipinski definition) is 1. The molecule has 102 valence electrons. The van der Waals surface area contributed by atoms with Crippen molar-refractivity contribution in [1.29, 1.82) is 0 Å². The first-order valence-corrected chi connectivity index (χ1v) is 7.23. The third-order valence-electron chi connectivity index (χ3n) is 3.77. The Morgan fingerprint density at radius 1 is 1.06 bits per heavy atom. The number of benzene rings is 1. The van der Waals surface area contributed by atoms with Crippen LogP contribution in [0.3, 0.4) is 0 Å². The Morgan fingerprint density at radius 2 is 1.67 bits per heavy atom. The first-order valence-electron chi connectivity index (χ1n) is 7.23. The van der Waals surface area contributed by atoms with Gasteiger partial charge in [0.25, 0.3) is 0 Å². The molecule has 1 aromatic rings. The maximum Gasteiger partial charge on any atom is 0.0329 e. The van der Waals surface area contributed by atoms with E-state index in [4.69, 9.17) is 0 Å². The van der Waals surface area contributed by atoms with Gasteiger partial charge in [0.1, 0.15) is 0 Å². The molecule has 0 aliphatic heterocycles. The lowest BCUT2D eigenvalue weighted by molar-refractivity contribution is 0.284. The van der Waals surface area contributed by atoms with Crippen LogP contribution in [0.25, 0.3) is 0 Å². The van der Waals surface area contributed by atoms with Crippen molar-refractivity contribution in [3.8, 4) is 0 Å². The molecule has 1 rings (SSSR count). The standard InChI is InChI=1S/C16H28N2/c1-5-14-8-10-15(11-9-14)16(17-4)12-13-18(6-2)7-3/h8-11,16-17H,5-7,12-13H2,1-4H3. The molecule has 0 fully saturated rings. The van der Waals surface area contributed by atoms with E-state index in [9.17, 15) is 0 Å². The van der Waals surface area contributed by atoms with Crippen molar-refractivity contribution >= 4 is 0 Å². The normalized spacial score (nSPS) is 12.9. The van der Waals surface area contributed by atoms with Gasteiger partial charge in [-0.25, -0.2) is 0 Å². The molecule has 0 aliphatic rings. The Bertz CT molecular complexity index is 314. The van der Waals surface area contributed by atoms with Crippen LogP contribution in [0.2, 0.25) is 0 Å². The lowest BCUT2D eigenvalue weighted by atomic mass is 10.0. The third-order valence-corrected chi connectivity index (χ3v) is 3.77. The number of rotatable bonds is 8. The minimum atomic E-state index is 0.469. The molecule has 2 heteroatoms. The molecule has 1 N–H and O–H groups in total. The molecule has 0 heterocycles. The zero-order valence-electron chi connectivity index (χ0n) is 12.4. The monoisotopic (exact) mass is 248 g/mol. The van der Waals surface area contributed by atoms with Gasteiger partial charge in [-0.05, 0) is 50.7 Å². The van der Waals surface area contributed by atoms with E-state index in [-0.39, 0.29) is 0 Å². The summed E-state index contributed by atoms with van der Waals surface area (Å²) in [5.74, 6) is 0. The van der Waals surface area contributed by atoms with E-state index in [1.807, 2.05) is 0 Å². The number of aryl methyl sites for hydroxylation is 1. The van der Waals surface area contributed by atoms with Gasteiger partial charge in [0.05, 0.1) is 0 Å². The van der Waals surface area contributed by atoms with Crippen molar-refractivity contribution in [3.63, 3.8) is 0 Å². The maximum atomic E-state index is 3.43. The molecular formula is C16H28N2. The van der Waals surface area contributed by atoms with Crippen LogP contribution in [0, 0.1) is 0 Å². The van der Waals surface area contributed by atoms with E-state index >= 15 is 0 Å². The summed E-state index contributed by atoms with van der Waals surface area (Å²) < 4.78 is 0. The maximum absolute atomic E-state index is 3.43. The van der Waals surface area contributed by atoms with Crippen LogP contribution >= 0.6 is 0 Å². The highest BCUT2D eigenvalue weighted by Gasteiger charge is 2.10. The smallest absolute Gasteiger partial charge is 0.0329 e. The van der Waals surface area contributed by atoms with Crippen molar-refractivity contribution in [3.05, 3.63) is 35.4 Å². The summed E-state index contributed by atoms with van der Waals surface area (Å²) in [4.78, 5) is 2.48. The van der Waals surface area contributed by atoms with Gasteiger partial charge in [-0.15, -0.1) is 0 Å². The first kappa shape index (κ1) is 15.2. The minimum Gasteiger partial charge on any atom is -0.313 e. The summed E-state index contributed by atoms with van der Waals surface area (Å²) in [7, 11) is 2.06. The molecule has 0 saturated carbocycles. The van der Waals surface area contributed by atoms with Crippen LogP contribution < -0.4 is 5.32 Å². The molecule has 0 radical (unpaired) electrons. The second kappa shape index (κ2) is 8.28. The zero-order valence-corrected chi connectivity index (χ0v) is 12.4. The third kappa shape index (κ3) is 4.43. The molecule has 0 saturated heterocycles. The van der Waals surface area contributed by atoms with E-state index in [1.54, 1.807) is 0 Å². The Labute approximate surface area is 112 Å². The summed E-state index contributed by atoms with van der Waals surface area (Å²) in [5.41, 5.74) is 2.82. The highest BCUT2D eigenvalue weighted by atomic mass is 15.1. The van der Waals surface area contributed by atoms with Crippen LogP contribution in [0.4, 0.5) is 0 Å². The van der Waals surface area contributed by atoms with Gasteiger partial charge in [0.15, 0.2) is 0 Å². The Hall–Kier alpha value is -0.860. The fourth-order valence-corrected chi connectivity index (χ4v) is 2.31. The predicted octanol–water partition coefficient (Wildman–Crippen LogP) is 3.24. The molecule has 18 heavy (non-hydrogen) atoms. The quantitative estimate of drug-likeness (QED) is 0.760. The van der Waals surface area contributed by atoms with Crippen molar-refractivity contribution in [2.24, 2.45) is 0 Å². The average molecular weight is 248 g/mol. The van der Waals surface area contributed by atoms with Crippen molar-refractivity contribution in [1.82, 2.24) is 10.2 Å². The van der Waals surface area contributed by atoms with Crippen LogP contribution in [-0.4, -0.2) is 31.6 Å². The van der Waals surface area contributed by atoms with Gasteiger partial charge in [-0.2, -0.15) is 0 Å². The Balaban J connectivity index is 2.58. The molecule has 2 nitrogen and oxygen atoms in total. The summed E-state index contributed by atoms with van der Waals surface area (Å²) >= 11 is 0. The van der Waals surface area contributed by atoms with Gasteiger partial charge < -0.3 is 10.2 Å². The highest BCUT2D eigenvalue weighted by Crippen LogP contribution is 2.17. The van der Waals surface area contributed by atoms with Crippen molar-refractivity contribution < 1.29 is 0 Å². The van der Waals surface area contributed by atoms with Crippen LogP contribution in [0.1, 0.15) is 44.4 Å². The topological polar surface area (TPSA) is 15.3 Å². The highest BCUT2D eigenvalue weighted by molar-refractivity contribution is 5.25. The first-order chi connectivity index (χ1) is 8.74. The van der Waals surface area contributed by atoms with E-state index in [1.165, 1.54) is 17.5 Å².